The fourth-order valence-electron chi connectivity index (χ4n) is 2.45. The van der Waals surface area contributed by atoms with Gasteiger partial charge in [0.25, 0.3) is 0 Å². The van der Waals surface area contributed by atoms with E-state index in [0.29, 0.717) is 20.0 Å². The van der Waals surface area contributed by atoms with Gasteiger partial charge >= 0.3 is 145 Å². The first kappa shape index (κ1) is 22.7. The number of carbonyl (C=O) groups excluding carboxylic acids is 1. The fourth-order valence-corrected chi connectivity index (χ4v) is 26.8. The molecule has 0 aliphatic heterocycles. The van der Waals surface area contributed by atoms with E-state index in [4.69, 9.17) is 14.2 Å². The van der Waals surface area contributed by atoms with E-state index in [1.807, 2.05) is 6.92 Å². The third-order valence-electron chi connectivity index (χ3n) is 3.35. The van der Waals surface area contributed by atoms with Crippen molar-refractivity contribution in [3.05, 3.63) is 7.18 Å². The van der Waals surface area contributed by atoms with Gasteiger partial charge in [-0.25, -0.2) is 0 Å². The van der Waals surface area contributed by atoms with Crippen LogP contribution in [0.1, 0.15) is 19.8 Å². The minimum atomic E-state index is -2.54. The van der Waals surface area contributed by atoms with Crippen LogP contribution >= 0.6 is 0 Å². The Balaban J connectivity index is 5.40. The number of ether oxygens (including phenoxy) is 3. The molecule has 0 N–H and O–H groups in total. The Labute approximate surface area is 144 Å². The normalized spacial score (nSPS) is 13.8. The van der Waals surface area contributed by atoms with Crippen molar-refractivity contribution in [3.8, 4) is 0 Å². The molecule has 0 amide bonds. The molecular weight excluding hydrogens is 494 g/mol. The van der Waals surface area contributed by atoms with E-state index in [1.54, 1.807) is 7.11 Å². The van der Waals surface area contributed by atoms with Crippen LogP contribution in [0.3, 0.4) is 0 Å². The van der Waals surface area contributed by atoms with Crippen LogP contribution in [0.2, 0.25) is 29.6 Å². The Morgan fingerprint density at radius 2 is 1.59 bits per heavy atom. The monoisotopic (exact) mass is 530 g/mol. The van der Waals surface area contributed by atoms with Crippen molar-refractivity contribution >= 4 is 42.7 Å². The molecule has 0 aromatic rings. The van der Waals surface area contributed by atoms with Crippen LogP contribution in [0.25, 0.3) is 0 Å². The topological polar surface area (TPSA) is 44.8 Å². The molecule has 0 bridgehead atoms. The van der Waals surface area contributed by atoms with Crippen molar-refractivity contribution in [1.29, 1.82) is 0 Å². The van der Waals surface area contributed by atoms with Crippen LogP contribution in [-0.2, 0) is 19.0 Å². The van der Waals surface area contributed by atoms with Gasteiger partial charge in [-0.3, -0.25) is 0 Å². The average Bonchev–Trinajstić information content (AvgIpc) is 2.34. The van der Waals surface area contributed by atoms with E-state index in [1.165, 1.54) is 3.59 Å². The molecule has 4 nitrogen and oxygen atoms in total. The quantitative estimate of drug-likeness (QED) is 0.142. The molecule has 0 spiro atoms. The van der Waals surface area contributed by atoms with Crippen molar-refractivity contribution in [2.75, 3.05) is 27.1 Å². The van der Waals surface area contributed by atoms with Crippen LogP contribution in [0, 0.1) is 0 Å². The number of hydrogen-bond donors (Lipinski definition) is 0. The zero-order valence-corrected chi connectivity index (χ0v) is 21.4. The van der Waals surface area contributed by atoms with Crippen LogP contribution in [-0.4, -0.2) is 69.8 Å². The Morgan fingerprint density at radius 1 is 1.00 bits per heavy atom. The van der Waals surface area contributed by atoms with E-state index in [-0.39, 0.29) is 5.97 Å². The predicted octanol–water partition coefficient (Wildman–Crippen LogP) is 4.00. The van der Waals surface area contributed by atoms with Crippen molar-refractivity contribution < 1.29 is 19.0 Å². The Morgan fingerprint density at radius 3 is 2.00 bits per heavy atom. The Kier molecular flexibility index (Phi) is 10.9. The maximum atomic E-state index is 12.6. The van der Waals surface area contributed by atoms with E-state index in [9.17, 15) is 4.79 Å². The Bertz CT molecular complexity index is 379. The molecular formula is C16H34O4Sn2. The van der Waals surface area contributed by atoms with Gasteiger partial charge in [0.15, 0.2) is 0 Å². The molecule has 0 aromatic carbocycles. The number of allylic oxidation sites excluding steroid dienone is 1. The number of methoxy groups -OCH3 is 1. The first-order chi connectivity index (χ1) is 10.1. The maximum absolute atomic E-state index is 12.6. The van der Waals surface area contributed by atoms with Gasteiger partial charge in [0.05, 0.1) is 0 Å². The Hall–Kier alpha value is 0.727. The zero-order valence-electron chi connectivity index (χ0n) is 15.7. The summed E-state index contributed by atoms with van der Waals surface area (Å²) >= 11 is -4.90. The van der Waals surface area contributed by atoms with Crippen molar-refractivity contribution in [2.24, 2.45) is 0 Å². The van der Waals surface area contributed by atoms with Crippen LogP contribution < -0.4 is 0 Å². The predicted molar refractivity (Wildman–Crippen MR) is 97.4 cm³/mol. The molecule has 0 aromatic heterocycles. The first-order valence-electron chi connectivity index (χ1n) is 8.03. The molecule has 0 saturated carbocycles. The van der Waals surface area contributed by atoms with E-state index >= 15 is 0 Å². The summed E-state index contributed by atoms with van der Waals surface area (Å²) in [4.78, 5) is 26.6. The molecule has 0 heterocycles. The fraction of sp³-hybridized carbons (Fsp3) is 0.812. The number of hydrogen-bond acceptors (Lipinski definition) is 4. The number of carbonyl (C=O) groups is 1. The van der Waals surface area contributed by atoms with Crippen LogP contribution in [0.15, 0.2) is 7.18 Å². The van der Waals surface area contributed by atoms with Gasteiger partial charge in [-0.2, -0.15) is 0 Å². The number of rotatable bonds is 10. The summed E-state index contributed by atoms with van der Waals surface area (Å²) in [5.41, 5.74) is 0. The summed E-state index contributed by atoms with van der Waals surface area (Å²) in [5, 5.41) is 0. The third kappa shape index (κ3) is 8.54. The summed E-state index contributed by atoms with van der Waals surface area (Å²) in [6.45, 7) is 3.34. The van der Waals surface area contributed by atoms with E-state index < -0.39 is 36.8 Å². The minimum absolute atomic E-state index is 0.0507. The molecule has 0 saturated heterocycles. The molecule has 130 valence electrons. The van der Waals surface area contributed by atoms with Crippen molar-refractivity contribution in [2.45, 2.75) is 49.4 Å². The van der Waals surface area contributed by atoms with Gasteiger partial charge < -0.3 is 0 Å². The molecule has 0 unspecified atom stereocenters. The summed E-state index contributed by atoms with van der Waals surface area (Å²) in [5.74, 6) is -0.0507. The average molecular weight is 528 g/mol. The molecule has 22 heavy (non-hydrogen) atoms. The summed E-state index contributed by atoms with van der Waals surface area (Å²) in [6, 6.07) is 0. The SMILES string of the molecule is CCOC(=O)/[C](=[C](\CCCOCOC)[Sn]([CH3])([CH3])[CH3])[Sn]([CH3])([CH3])[CH3]. The second-order valence-corrected chi connectivity index (χ2v) is 36.3. The molecule has 0 rings (SSSR count). The summed E-state index contributed by atoms with van der Waals surface area (Å²) in [6.07, 6.45) is 1.91. The molecule has 0 fully saturated rings. The molecule has 0 aliphatic carbocycles. The van der Waals surface area contributed by atoms with Crippen molar-refractivity contribution in [1.82, 2.24) is 0 Å². The molecule has 0 aliphatic rings. The van der Waals surface area contributed by atoms with E-state index in [2.05, 4.69) is 29.6 Å². The molecule has 0 radical (unpaired) electrons. The first-order valence-corrected chi connectivity index (χ1v) is 28.0. The van der Waals surface area contributed by atoms with Gasteiger partial charge in [-0.15, -0.1) is 0 Å². The van der Waals surface area contributed by atoms with Gasteiger partial charge in [-0.05, 0) is 0 Å². The molecule has 6 heteroatoms. The van der Waals surface area contributed by atoms with Gasteiger partial charge in [0, 0.05) is 0 Å². The van der Waals surface area contributed by atoms with Crippen LogP contribution in [0.5, 0.6) is 0 Å². The van der Waals surface area contributed by atoms with Gasteiger partial charge in [0.2, 0.25) is 0 Å². The third-order valence-corrected chi connectivity index (χ3v) is 17.7. The van der Waals surface area contributed by atoms with E-state index in [0.717, 1.165) is 16.4 Å². The number of esters is 1. The second kappa shape index (κ2) is 10.6. The van der Waals surface area contributed by atoms with Crippen molar-refractivity contribution in [3.63, 3.8) is 0 Å². The molecule has 0 atom stereocenters. The standard InChI is InChI=1S/C10H16O4.6CH3.2Sn/c1-3-14-10(11)7-5-4-6-8-13-9-12-2;;;;;;;;/h3-4,6,8-9H2,1-2H3;6*1H3;;. The van der Waals surface area contributed by atoms with Gasteiger partial charge in [-0.1, -0.05) is 0 Å². The zero-order chi connectivity index (χ0) is 17.4. The second-order valence-electron chi connectivity index (χ2n) is 7.49. The summed E-state index contributed by atoms with van der Waals surface area (Å²) < 4.78 is 18.3. The van der Waals surface area contributed by atoms with Crippen LogP contribution in [0.4, 0.5) is 0 Å². The summed E-state index contributed by atoms with van der Waals surface area (Å²) in [7, 11) is 1.63. The van der Waals surface area contributed by atoms with Gasteiger partial charge in [0.1, 0.15) is 0 Å².